The van der Waals surface area contributed by atoms with Crippen LogP contribution in [0.1, 0.15) is 11.5 Å². The average Bonchev–Trinajstić information content (AvgIpc) is 2.66. The third-order valence-electron chi connectivity index (χ3n) is 2.63. The number of aromatic amines is 1. The Bertz CT molecular complexity index is 418. The van der Waals surface area contributed by atoms with Crippen LogP contribution in [0.4, 0.5) is 0 Å². The quantitative estimate of drug-likeness (QED) is 0.663. The summed E-state index contributed by atoms with van der Waals surface area (Å²) in [5.41, 5.74) is 0.630. The number of pyridine rings is 1. The molecule has 14 heavy (non-hydrogen) atoms. The summed E-state index contributed by atoms with van der Waals surface area (Å²) in [7, 11) is 0. The first-order valence-corrected chi connectivity index (χ1v) is 4.61. The van der Waals surface area contributed by atoms with E-state index in [0.29, 0.717) is 18.7 Å². The molecule has 0 spiro atoms. The number of rotatable bonds is 1. The van der Waals surface area contributed by atoms with Crippen molar-refractivity contribution in [1.29, 1.82) is 5.26 Å². The maximum Gasteiger partial charge on any atom is 0.251 e. The van der Waals surface area contributed by atoms with Gasteiger partial charge in [0.15, 0.2) is 0 Å². The van der Waals surface area contributed by atoms with Gasteiger partial charge in [0, 0.05) is 30.8 Å². The van der Waals surface area contributed by atoms with Gasteiger partial charge in [-0.15, -0.1) is 0 Å². The summed E-state index contributed by atoms with van der Waals surface area (Å²) in [5, 5.41) is 12.0. The van der Waals surface area contributed by atoms with Crippen LogP contribution in [0, 0.1) is 17.2 Å². The lowest BCUT2D eigenvalue weighted by Crippen LogP contribution is -2.20. The highest BCUT2D eigenvalue weighted by atomic mass is 16.1. The number of H-pyrrole nitrogens is 1. The van der Waals surface area contributed by atoms with Crippen molar-refractivity contribution in [3.05, 3.63) is 34.2 Å². The third kappa shape index (κ3) is 1.42. The fourth-order valence-corrected chi connectivity index (χ4v) is 1.87. The van der Waals surface area contributed by atoms with Crippen LogP contribution in [0.3, 0.4) is 0 Å². The van der Waals surface area contributed by atoms with Crippen LogP contribution in [-0.2, 0) is 0 Å². The number of nitrogens with one attached hydrogen (secondary N) is 2. The predicted molar refractivity (Wildman–Crippen MR) is 51.8 cm³/mol. The molecule has 72 valence electrons. The van der Waals surface area contributed by atoms with Gasteiger partial charge in [-0.2, -0.15) is 5.26 Å². The molecule has 0 bridgehead atoms. The highest BCUT2D eigenvalue weighted by Gasteiger charge is 2.29. The van der Waals surface area contributed by atoms with Gasteiger partial charge >= 0.3 is 0 Å². The Morgan fingerprint density at radius 1 is 1.50 bits per heavy atom. The normalized spacial score (nSPS) is 25.9. The largest absolute Gasteiger partial charge is 0.329 e. The summed E-state index contributed by atoms with van der Waals surface area (Å²) < 4.78 is 0. The van der Waals surface area contributed by atoms with Crippen molar-refractivity contribution in [2.45, 2.75) is 5.92 Å². The molecule has 1 aromatic heterocycles. The molecule has 2 N–H and O–H groups in total. The van der Waals surface area contributed by atoms with Crippen LogP contribution < -0.4 is 10.9 Å². The lowest BCUT2D eigenvalue weighted by molar-refractivity contribution is 0.639. The van der Waals surface area contributed by atoms with Crippen LogP contribution >= 0.6 is 0 Å². The number of aromatic nitrogens is 1. The number of nitriles is 1. The van der Waals surface area contributed by atoms with Crippen LogP contribution in [0.25, 0.3) is 0 Å². The molecule has 4 nitrogen and oxygen atoms in total. The van der Waals surface area contributed by atoms with Gasteiger partial charge in [0.05, 0.1) is 12.0 Å². The van der Waals surface area contributed by atoms with E-state index in [1.807, 2.05) is 0 Å². The van der Waals surface area contributed by atoms with Gasteiger partial charge in [0.1, 0.15) is 0 Å². The SMILES string of the molecule is N#CC1CNCC1c1ccc[nH]c1=O. The standard InChI is InChI=1S/C10H11N3O/c11-4-7-5-12-6-9(7)8-2-1-3-13-10(8)14/h1-3,7,9,12H,5-6H2,(H,13,14). The van der Waals surface area contributed by atoms with E-state index in [2.05, 4.69) is 16.4 Å². The maximum absolute atomic E-state index is 11.5. The van der Waals surface area contributed by atoms with E-state index in [1.54, 1.807) is 18.3 Å². The molecule has 1 saturated heterocycles. The monoisotopic (exact) mass is 189 g/mol. The zero-order valence-electron chi connectivity index (χ0n) is 7.66. The second-order valence-electron chi connectivity index (χ2n) is 3.45. The molecule has 0 aromatic carbocycles. The van der Waals surface area contributed by atoms with Crippen molar-refractivity contribution in [1.82, 2.24) is 10.3 Å². The van der Waals surface area contributed by atoms with E-state index >= 15 is 0 Å². The van der Waals surface area contributed by atoms with Crippen LogP contribution in [0.2, 0.25) is 0 Å². The molecule has 1 aliphatic heterocycles. The van der Waals surface area contributed by atoms with E-state index < -0.39 is 0 Å². The van der Waals surface area contributed by atoms with Gasteiger partial charge in [-0.3, -0.25) is 4.79 Å². The number of hydrogen-bond acceptors (Lipinski definition) is 3. The molecule has 0 radical (unpaired) electrons. The van der Waals surface area contributed by atoms with Crippen LogP contribution in [0.5, 0.6) is 0 Å². The highest BCUT2D eigenvalue weighted by Crippen LogP contribution is 2.24. The van der Waals surface area contributed by atoms with E-state index in [1.165, 1.54) is 0 Å². The first-order chi connectivity index (χ1) is 6.83. The Labute approximate surface area is 81.6 Å². The second-order valence-corrected chi connectivity index (χ2v) is 3.45. The topological polar surface area (TPSA) is 68.7 Å². The van der Waals surface area contributed by atoms with Gasteiger partial charge in [-0.25, -0.2) is 0 Å². The summed E-state index contributed by atoms with van der Waals surface area (Å²) in [6, 6.07) is 5.81. The summed E-state index contributed by atoms with van der Waals surface area (Å²) in [6.07, 6.45) is 1.61. The Morgan fingerprint density at radius 2 is 2.36 bits per heavy atom. The number of hydrogen-bond donors (Lipinski definition) is 2. The van der Waals surface area contributed by atoms with Crippen molar-refractivity contribution in [2.75, 3.05) is 13.1 Å². The fraction of sp³-hybridized carbons (Fsp3) is 0.400. The first-order valence-electron chi connectivity index (χ1n) is 4.61. The molecule has 2 unspecified atom stereocenters. The summed E-state index contributed by atoms with van der Waals surface area (Å²) in [5.74, 6) is -0.0524. The zero-order valence-corrected chi connectivity index (χ0v) is 7.66. The van der Waals surface area contributed by atoms with E-state index in [-0.39, 0.29) is 17.4 Å². The van der Waals surface area contributed by atoms with Crippen molar-refractivity contribution in [2.24, 2.45) is 5.92 Å². The average molecular weight is 189 g/mol. The molecule has 0 saturated carbocycles. The molecule has 1 fully saturated rings. The van der Waals surface area contributed by atoms with Gasteiger partial charge in [0.25, 0.3) is 5.56 Å². The molecule has 1 aliphatic rings. The Balaban J connectivity index is 2.36. The van der Waals surface area contributed by atoms with Crippen molar-refractivity contribution in [3.63, 3.8) is 0 Å². The molecule has 4 heteroatoms. The molecule has 1 aromatic rings. The van der Waals surface area contributed by atoms with Crippen molar-refractivity contribution < 1.29 is 0 Å². The number of nitrogens with zero attached hydrogens (tertiary/aromatic N) is 1. The lowest BCUT2D eigenvalue weighted by atomic mass is 9.91. The van der Waals surface area contributed by atoms with E-state index in [4.69, 9.17) is 5.26 Å². The zero-order chi connectivity index (χ0) is 9.97. The minimum Gasteiger partial charge on any atom is -0.329 e. The van der Waals surface area contributed by atoms with Gasteiger partial charge in [-0.05, 0) is 6.07 Å². The minimum atomic E-state index is -0.0847. The van der Waals surface area contributed by atoms with Crippen molar-refractivity contribution >= 4 is 0 Å². The second kappa shape index (κ2) is 3.64. The predicted octanol–water partition coefficient (Wildman–Crippen LogP) is 0.201. The molecular weight excluding hydrogens is 178 g/mol. The summed E-state index contributed by atoms with van der Waals surface area (Å²) >= 11 is 0. The van der Waals surface area contributed by atoms with E-state index in [0.717, 1.165) is 0 Å². The Morgan fingerprint density at radius 3 is 3.07 bits per heavy atom. The van der Waals surface area contributed by atoms with E-state index in [9.17, 15) is 4.79 Å². The van der Waals surface area contributed by atoms with Gasteiger partial charge < -0.3 is 10.3 Å². The molecule has 0 amide bonds. The third-order valence-corrected chi connectivity index (χ3v) is 2.63. The highest BCUT2D eigenvalue weighted by molar-refractivity contribution is 5.21. The summed E-state index contributed by atoms with van der Waals surface area (Å²) in [6.45, 7) is 1.39. The summed E-state index contributed by atoms with van der Waals surface area (Å²) in [4.78, 5) is 14.1. The van der Waals surface area contributed by atoms with Crippen LogP contribution in [0.15, 0.2) is 23.1 Å². The molecule has 2 atom stereocenters. The lowest BCUT2D eigenvalue weighted by Gasteiger charge is -2.10. The molecular formula is C10H11N3O. The van der Waals surface area contributed by atoms with Crippen LogP contribution in [-0.4, -0.2) is 18.1 Å². The smallest absolute Gasteiger partial charge is 0.251 e. The van der Waals surface area contributed by atoms with Gasteiger partial charge in [-0.1, -0.05) is 6.07 Å². The van der Waals surface area contributed by atoms with Gasteiger partial charge in [0.2, 0.25) is 0 Å². The molecule has 0 aliphatic carbocycles. The Kier molecular flexibility index (Phi) is 2.33. The van der Waals surface area contributed by atoms with Crippen molar-refractivity contribution in [3.8, 4) is 6.07 Å². The molecule has 2 heterocycles. The fourth-order valence-electron chi connectivity index (χ4n) is 1.87. The molecule has 2 rings (SSSR count). The first kappa shape index (κ1) is 8.97. The minimum absolute atomic E-state index is 0.0324. The Hall–Kier alpha value is -1.60. The maximum atomic E-state index is 11.5.